The summed E-state index contributed by atoms with van der Waals surface area (Å²) < 4.78 is 2.13. The van der Waals surface area contributed by atoms with Gasteiger partial charge in [0, 0.05) is 24.1 Å². The maximum absolute atomic E-state index is 12.3. The summed E-state index contributed by atoms with van der Waals surface area (Å²) in [7, 11) is 0. The second-order valence-corrected chi connectivity index (χ2v) is 8.85. The number of aliphatic hydroxyl groups is 1. The number of aryl methyl sites for hydroxylation is 1. The SMILES string of the molecule is Nc1nc2ccccc2c2c1nc(CCC(=O)C1CC1)n2CC1(O)CCCCC1. The van der Waals surface area contributed by atoms with E-state index in [4.69, 9.17) is 10.7 Å². The zero-order valence-corrected chi connectivity index (χ0v) is 16.7. The first-order chi connectivity index (χ1) is 14.0. The molecule has 0 saturated heterocycles. The Bertz CT molecular complexity index is 1080. The zero-order valence-electron chi connectivity index (χ0n) is 16.7. The van der Waals surface area contributed by atoms with Gasteiger partial charge in [0.1, 0.15) is 17.1 Å². The summed E-state index contributed by atoms with van der Waals surface area (Å²) in [6.07, 6.45) is 7.98. The minimum atomic E-state index is -0.736. The van der Waals surface area contributed by atoms with Crippen LogP contribution in [0.25, 0.3) is 21.9 Å². The molecule has 2 fully saturated rings. The molecule has 2 aromatic heterocycles. The van der Waals surface area contributed by atoms with Crippen molar-refractivity contribution in [3.8, 4) is 0 Å². The number of fused-ring (bicyclic) bond motifs is 3. The van der Waals surface area contributed by atoms with Crippen LogP contribution in [-0.2, 0) is 17.8 Å². The Kier molecular flexibility index (Phi) is 4.54. The number of hydrogen-bond donors (Lipinski definition) is 2. The number of para-hydroxylation sites is 1. The number of aromatic nitrogens is 3. The number of ketones is 1. The maximum atomic E-state index is 12.3. The van der Waals surface area contributed by atoms with Gasteiger partial charge in [0.2, 0.25) is 0 Å². The molecule has 3 N–H and O–H groups in total. The summed E-state index contributed by atoms with van der Waals surface area (Å²) in [5.74, 6) is 1.82. The Morgan fingerprint density at radius 3 is 2.69 bits per heavy atom. The molecule has 5 rings (SSSR count). The van der Waals surface area contributed by atoms with Crippen molar-refractivity contribution in [3.05, 3.63) is 30.1 Å². The van der Waals surface area contributed by atoms with Crippen LogP contribution >= 0.6 is 0 Å². The first-order valence-electron chi connectivity index (χ1n) is 10.8. The first kappa shape index (κ1) is 18.6. The number of anilines is 1. The van der Waals surface area contributed by atoms with Gasteiger partial charge >= 0.3 is 0 Å². The summed E-state index contributed by atoms with van der Waals surface area (Å²) in [6, 6.07) is 7.92. The van der Waals surface area contributed by atoms with Crippen molar-refractivity contribution in [1.29, 1.82) is 0 Å². The number of Topliss-reactive ketones (excluding diaryl/α,β-unsaturated/α-hetero) is 1. The molecule has 0 bridgehead atoms. The smallest absolute Gasteiger partial charge is 0.152 e. The van der Waals surface area contributed by atoms with Gasteiger partial charge in [-0.2, -0.15) is 0 Å². The highest BCUT2D eigenvalue weighted by Crippen LogP contribution is 2.35. The third-order valence-electron chi connectivity index (χ3n) is 6.55. The number of benzene rings is 1. The molecule has 0 amide bonds. The van der Waals surface area contributed by atoms with Crippen LogP contribution in [0, 0.1) is 5.92 Å². The Balaban J connectivity index is 1.62. The summed E-state index contributed by atoms with van der Waals surface area (Å²) >= 11 is 0. The number of rotatable bonds is 6. The monoisotopic (exact) mass is 392 g/mol. The average molecular weight is 393 g/mol. The lowest BCUT2D eigenvalue weighted by Gasteiger charge is -2.33. The molecule has 152 valence electrons. The van der Waals surface area contributed by atoms with E-state index in [9.17, 15) is 9.90 Å². The van der Waals surface area contributed by atoms with Crippen molar-refractivity contribution in [2.24, 2.45) is 5.92 Å². The second-order valence-electron chi connectivity index (χ2n) is 8.85. The van der Waals surface area contributed by atoms with Crippen LogP contribution in [0.3, 0.4) is 0 Å². The Morgan fingerprint density at radius 1 is 1.17 bits per heavy atom. The fourth-order valence-electron chi connectivity index (χ4n) is 4.77. The molecule has 0 aliphatic heterocycles. The van der Waals surface area contributed by atoms with E-state index in [2.05, 4.69) is 9.55 Å². The van der Waals surface area contributed by atoms with Gasteiger partial charge in [0.05, 0.1) is 23.2 Å². The molecule has 2 aliphatic rings. The largest absolute Gasteiger partial charge is 0.388 e. The van der Waals surface area contributed by atoms with E-state index in [-0.39, 0.29) is 5.92 Å². The van der Waals surface area contributed by atoms with Gasteiger partial charge in [-0.1, -0.05) is 37.5 Å². The maximum Gasteiger partial charge on any atom is 0.152 e. The number of pyridine rings is 1. The molecule has 2 aliphatic carbocycles. The molecule has 2 saturated carbocycles. The summed E-state index contributed by atoms with van der Waals surface area (Å²) in [5, 5.41) is 12.3. The number of carbonyl (C=O) groups is 1. The number of hydrogen-bond acceptors (Lipinski definition) is 5. The van der Waals surface area contributed by atoms with Gasteiger partial charge < -0.3 is 15.4 Å². The van der Waals surface area contributed by atoms with Crippen molar-refractivity contribution in [2.75, 3.05) is 5.73 Å². The van der Waals surface area contributed by atoms with E-state index in [1.807, 2.05) is 24.3 Å². The van der Waals surface area contributed by atoms with Crippen LogP contribution in [0.5, 0.6) is 0 Å². The Labute approximate surface area is 170 Å². The quantitative estimate of drug-likeness (QED) is 0.666. The summed E-state index contributed by atoms with van der Waals surface area (Å²) in [4.78, 5) is 21.7. The van der Waals surface area contributed by atoms with Gasteiger partial charge in [-0.25, -0.2) is 9.97 Å². The number of nitrogens with zero attached hydrogens (tertiary/aromatic N) is 3. The van der Waals surface area contributed by atoms with Crippen molar-refractivity contribution in [3.63, 3.8) is 0 Å². The van der Waals surface area contributed by atoms with Crippen LogP contribution in [-0.4, -0.2) is 31.0 Å². The number of carbonyl (C=O) groups excluding carboxylic acids is 1. The van der Waals surface area contributed by atoms with Crippen LogP contribution < -0.4 is 5.73 Å². The third kappa shape index (κ3) is 3.50. The van der Waals surface area contributed by atoms with Gasteiger partial charge in [-0.3, -0.25) is 4.79 Å². The lowest BCUT2D eigenvalue weighted by Crippen LogP contribution is -2.36. The van der Waals surface area contributed by atoms with Crippen molar-refractivity contribution >= 4 is 33.5 Å². The molecule has 0 unspecified atom stereocenters. The summed E-state index contributed by atoms with van der Waals surface area (Å²) in [6.45, 7) is 0.490. The van der Waals surface area contributed by atoms with E-state index in [1.165, 1.54) is 6.42 Å². The Hall–Kier alpha value is -2.47. The lowest BCUT2D eigenvalue weighted by atomic mass is 9.84. The number of nitrogens with two attached hydrogens (primary N) is 1. The second kappa shape index (κ2) is 7.10. The van der Waals surface area contributed by atoms with Crippen LogP contribution in [0.2, 0.25) is 0 Å². The van der Waals surface area contributed by atoms with E-state index in [0.29, 0.717) is 36.5 Å². The molecule has 6 heteroatoms. The molecule has 0 atom stereocenters. The molecule has 1 aromatic carbocycles. The minimum Gasteiger partial charge on any atom is -0.388 e. The summed E-state index contributed by atoms with van der Waals surface area (Å²) in [5.41, 5.74) is 7.97. The predicted octanol–water partition coefficient (Wildman–Crippen LogP) is 3.77. The molecule has 2 heterocycles. The number of nitrogen functional groups attached to an aromatic ring is 1. The fourth-order valence-corrected chi connectivity index (χ4v) is 4.77. The Morgan fingerprint density at radius 2 is 1.93 bits per heavy atom. The van der Waals surface area contributed by atoms with Gasteiger partial charge in [-0.15, -0.1) is 0 Å². The minimum absolute atomic E-state index is 0.253. The van der Waals surface area contributed by atoms with Gasteiger partial charge in [0.15, 0.2) is 5.82 Å². The van der Waals surface area contributed by atoms with Crippen molar-refractivity contribution in [2.45, 2.75) is 69.9 Å². The highest BCUT2D eigenvalue weighted by molar-refractivity contribution is 6.06. The van der Waals surface area contributed by atoms with Crippen molar-refractivity contribution < 1.29 is 9.90 Å². The van der Waals surface area contributed by atoms with Crippen molar-refractivity contribution in [1.82, 2.24) is 14.5 Å². The highest BCUT2D eigenvalue weighted by Gasteiger charge is 2.33. The normalized spacial score (nSPS) is 19.1. The standard InChI is InChI=1S/C23H28N4O2/c24-22-20-21(16-6-2-3-7-17(16)25-22)27(14-23(29)12-4-1-5-13-23)19(26-20)11-10-18(28)15-8-9-15/h2-3,6-7,15,29H,1,4-5,8-14H2,(H2,24,25). The van der Waals surface area contributed by atoms with Gasteiger partial charge in [-0.05, 0) is 31.7 Å². The van der Waals surface area contributed by atoms with E-state index >= 15 is 0 Å². The number of imidazole rings is 1. The molecule has 29 heavy (non-hydrogen) atoms. The lowest BCUT2D eigenvalue weighted by molar-refractivity contribution is -0.120. The van der Waals surface area contributed by atoms with E-state index < -0.39 is 5.60 Å². The molecule has 3 aromatic rings. The van der Waals surface area contributed by atoms with E-state index in [0.717, 1.165) is 60.8 Å². The molecular weight excluding hydrogens is 364 g/mol. The first-order valence-corrected chi connectivity index (χ1v) is 10.8. The van der Waals surface area contributed by atoms with Crippen LogP contribution in [0.4, 0.5) is 5.82 Å². The fraction of sp³-hybridized carbons (Fsp3) is 0.522. The van der Waals surface area contributed by atoms with E-state index in [1.54, 1.807) is 0 Å². The highest BCUT2D eigenvalue weighted by atomic mass is 16.3. The molecular formula is C23H28N4O2. The zero-order chi connectivity index (χ0) is 20.0. The van der Waals surface area contributed by atoms with Crippen LogP contribution in [0.15, 0.2) is 24.3 Å². The molecule has 0 spiro atoms. The molecule has 6 nitrogen and oxygen atoms in total. The predicted molar refractivity (Wildman–Crippen MR) is 114 cm³/mol. The average Bonchev–Trinajstić information content (AvgIpc) is 3.50. The third-order valence-corrected chi connectivity index (χ3v) is 6.55. The molecule has 0 radical (unpaired) electrons. The van der Waals surface area contributed by atoms with Gasteiger partial charge in [0.25, 0.3) is 0 Å². The van der Waals surface area contributed by atoms with Crippen LogP contribution in [0.1, 0.15) is 57.2 Å². The topological polar surface area (TPSA) is 94.0 Å².